The molecule has 0 unspecified atom stereocenters. The molecule has 3 aromatic rings. The van der Waals surface area contributed by atoms with E-state index in [4.69, 9.17) is 23.2 Å². The number of hydrogen-bond donors (Lipinski definition) is 2. The van der Waals surface area contributed by atoms with Crippen molar-refractivity contribution in [2.75, 3.05) is 11.9 Å². The highest BCUT2D eigenvalue weighted by Gasteiger charge is 2.11. The van der Waals surface area contributed by atoms with Crippen LogP contribution in [-0.2, 0) is 17.6 Å². The zero-order valence-electron chi connectivity index (χ0n) is 14.7. The number of halogens is 2. The average Bonchev–Trinajstić information content (AvgIpc) is 2.67. The van der Waals surface area contributed by atoms with Crippen LogP contribution in [0.3, 0.4) is 0 Å². The van der Waals surface area contributed by atoms with E-state index in [9.17, 15) is 4.79 Å². The van der Waals surface area contributed by atoms with Crippen LogP contribution in [0, 0.1) is 0 Å². The molecule has 0 aromatic heterocycles. The van der Waals surface area contributed by atoms with E-state index in [-0.39, 0.29) is 12.3 Å². The molecular formula is C22H20Cl2N2O. The number of nitrogens with one attached hydrogen (secondary N) is 2. The monoisotopic (exact) mass is 398 g/mol. The fourth-order valence-electron chi connectivity index (χ4n) is 2.77. The lowest BCUT2D eigenvalue weighted by Gasteiger charge is -2.14. The maximum atomic E-state index is 12.4. The van der Waals surface area contributed by atoms with E-state index in [1.165, 1.54) is 5.56 Å². The van der Waals surface area contributed by atoms with Gasteiger partial charge in [0.1, 0.15) is 0 Å². The Morgan fingerprint density at radius 3 is 2.22 bits per heavy atom. The largest absolute Gasteiger partial charge is 0.355 e. The number of hydrogen-bond acceptors (Lipinski definition) is 2. The van der Waals surface area contributed by atoms with E-state index < -0.39 is 0 Å². The molecule has 0 aliphatic rings. The third-order valence-electron chi connectivity index (χ3n) is 4.17. The maximum absolute atomic E-state index is 12.4. The van der Waals surface area contributed by atoms with Crippen molar-refractivity contribution in [2.24, 2.45) is 0 Å². The lowest BCUT2D eigenvalue weighted by atomic mass is 10.1. The van der Waals surface area contributed by atoms with Gasteiger partial charge in [-0.25, -0.2) is 0 Å². The Labute approximate surface area is 169 Å². The van der Waals surface area contributed by atoms with Gasteiger partial charge in [-0.05, 0) is 35.7 Å². The van der Waals surface area contributed by atoms with Crippen molar-refractivity contribution < 1.29 is 4.79 Å². The lowest BCUT2D eigenvalue weighted by molar-refractivity contribution is -0.120. The molecule has 0 heterocycles. The molecule has 0 atom stereocenters. The third kappa shape index (κ3) is 5.49. The number of amides is 1. The molecule has 0 radical (unpaired) electrons. The van der Waals surface area contributed by atoms with Gasteiger partial charge < -0.3 is 10.6 Å². The molecule has 0 aliphatic carbocycles. The van der Waals surface area contributed by atoms with Gasteiger partial charge in [-0.3, -0.25) is 4.79 Å². The zero-order valence-corrected chi connectivity index (χ0v) is 16.2. The standard InChI is InChI=1S/C22H20Cl2N2O/c23-18-10-6-11-19(24)22(18)26-20-12-5-4-9-17(20)15-21(27)25-14-13-16-7-2-1-3-8-16/h1-12,26H,13-15H2,(H,25,27). The predicted octanol–water partition coefficient (Wildman–Crippen LogP) is 5.64. The van der Waals surface area contributed by atoms with Crippen LogP contribution in [0.5, 0.6) is 0 Å². The van der Waals surface area contributed by atoms with Crippen LogP contribution in [-0.4, -0.2) is 12.5 Å². The van der Waals surface area contributed by atoms with Crippen molar-refractivity contribution in [1.82, 2.24) is 5.32 Å². The van der Waals surface area contributed by atoms with E-state index in [0.29, 0.717) is 22.3 Å². The molecule has 0 aliphatic heterocycles. The number of carbonyl (C=O) groups is 1. The fourth-order valence-corrected chi connectivity index (χ4v) is 3.27. The first-order valence-corrected chi connectivity index (χ1v) is 9.48. The minimum absolute atomic E-state index is 0.0227. The minimum Gasteiger partial charge on any atom is -0.355 e. The molecule has 5 heteroatoms. The summed E-state index contributed by atoms with van der Waals surface area (Å²) in [5, 5.41) is 7.29. The van der Waals surface area contributed by atoms with Gasteiger partial charge in [-0.2, -0.15) is 0 Å². The van der Waals surface area contributed by atoms with Crippen LogP contribution >= 0.6 is 23.2 Å². The minimum atomic E-state index is -0.0227. The first-order valence-electron chi connectivity index (χ1n) is 8.73. The average molecular weight is 399 g/mol. The molecule has 27 heavy (non-hydrogen) atoms. The van der Waals surface area contributed by atoms with Gasteiger partial charge in [-0.1, -0.05) is 77.8 Å². The van der Waals surface area contributed by atoms with E-state index in [0.717, 1.165) is 17.7 Å². The number of rotatable bonds is 7. The summed E-state index contributed by atoms with van der Waals surface area (Å²) in [7, 11) is 0. The topological polar surface area (TPSA) is 41.1 Å². The van der Waals surface area contributed by atoms with Crippen LogP contribution in [0.2, 0.25) is 10.0 Å². The lowest BCUT2D eigenvalue weighted by Crippen LogP contribution is -2.27. The molecule has 0 spiro atoms. The van der Waals surface area contributed by atoms with Gasteiger partial charge in [0.05, 0.1) is 22.2 Å². The van der Waals surface area contributed by atoms with Crippen LogP contribution in [0.15, 0.2) is 72.8 Å². The highest BCUT2D eigenvalue weighted by atomic mass is 35.5. The van der Waals surface area contributed by atoms with Crippen molar-refractivity contribution in [3.8, 4) is 0 Å². The molecule has 3 aromatic carbocycles. The normalized spacial score (nSPS) is 10.4. The molecule has 0 fully saturated rings. The van der Waals surface area contributed by atoms with Gasteiger partial charge in [0.25, 0.3) is 0 Å². The first kappa shape index (κ1) is 19.3. The fraction of sp³-hybridized carbons (Fsp3) is 0.136. The Bertz CT molecular complexity index is 893. The molecule has 0 saturated heterocycles. The summed E-state index contributed by atoms with van der Waals surface area (Å²) in [6, 6.07) is 23.1. The zero-order chi connectivity index (χ0) is 19.1. The molecule has 0 saturated carbocycles. The van der Waals surface area contributed by atoms with Crippen molar-refractivity contribution in [1.29, 1.82) is 0 Å². The molecule has 2 N–H and O–H groups in total. The van der Waals surface area contributed by atoms with Crippen LogP contribution in [0.25, 0.3) is 0 Å². The smallest absolute Gasteiger partial charge is 0.224 e. The van der Waals surface area contributed by atoms with Crippen LogP contribution < -0.4 is 10.6 Å². The summed E-state index contributed by atoms with van der Waals surface area (Å²) in [5.41, 5.74) is 3.53. The third-order valence-corrected chi connectivity index (χ3v) is 4.80. The number of carbonyl (C=O) groups excluding carboxylic acids is 1. The van der Waals surface area contributed by atoms with Crippen molar-refractivity contribution in [2.45, 2.75) is 12.8 Å². The second-order valence-corrected chi connectivity index (χ2v) is 6.96. The summed E-state index contributed by atoms with van der Waals surface area (Å²) >= 11 is 12.5. The van der Waals surface area contributed by atoms with Gasteiger partial charge >= 0.3 is 0 Å². The Balaban J connectivity index is 1.63. The van der Waals surface area contributed by atoms with Crippen molar-refractivity contribution >= 4 is 40.5 Å². The highest BCUT2D eigenvalue weighted by molar-refractivity contribution is 6.39. The summed E-state index contributed by atoms with van der Waals surface area (Å²) in [6.45, 7) is 0.606. The Morgan fingerprint density at radius 1 is 0.815 bits per heavy atom. The van der Waals surface area contributed by atoms with Crippen molar-refractivity contribution in [3.63, 3.8) is 0 Å². The van der Waals surface area contributed by atoms with Gasteiger partial charge in [0, 0.05) is 12.2 Å². The molecule has 1 amide bonds. The number of anilines is 2. The Hall–Kier alpha value is -2.49. The first-order chi connectivity index (χ1) is 13.1. The molecule has 138 valence electrons. The quantitative estimate of drug-likeness (QED) is 0.540. The number of benzene rings is 3. The SMILES string of the molecule is O=C(Cc1ccccc1Nc1c(Cl)cccc1Cl)NCCc1ccccc1. The van der Waals surface area contributed by atoms with Crippen molar-refractivity contribution in [3.05, 3.63) is 94.0 Å². The Kier molecular flexibility index (Phi) is 6.74. The summed E-state index contributed by atoms with van der Waals surface area (Å²) in [6.07, 6.45) is 1.09. The summed E-state index contributed by atoms with van der Waals surface area (Å²) < 4.78 is 0. The molecular weight excluding hydrogens is 379 g/mol. The van der Waals surface area contributed by atoms with Gasteiger partial charge in [-0.15, -0.1) is 0 Å². The predicted molar refractivity (Wildman–Crippen MR) is 113 cm³/mol. The van der Waals surface area contributed by atoms with Gasteiger partial charge in [0.2, 0.25) is 5.91 Å². The van der Waals surface area contributed by atoms with E-state index in [1.54, 1.807) is 18.2 Å². The van der Waals surface area contributed by atoms with Crippen LogP contribution in [0.4, 0.5) is 11.4 Å². The van der Waals surface area contributed by atoms with E-state index >= 15 is 0 Å². The molecule has 3 rings (SSSR count). The van der Waals surface area contributed by atoms with Gasteiger partial charge in [0.15, 0.2) is 0 Å². The molecule has 3 nitrogen and oxygen atoms in total. The maximum Gasteiger partial charge on any atom is 0.224 e. The second-order valence-electron chi connectivity index (χ2n) is 6.14. The van der Waals surface area contributed by atoms with Crippen LogP contribution in [0.1, 0.15) is 11.1 Å². The van der Waals surface area contributed by atoms with E-state index in [2.05, 4.69) is 22.8 Å². The number of para-hydroxylation sites is 2. The molecule has 0 bridgehead atoms. The second kappa shape index (κ2) is 9.45. The summed E-state index contributed by atoms with van der Waals surface area (Å²) in [4.78, 5) is 12.4. The highest BCUT2D eigenvalue weighted by Crippen LogP contribution is 2.33. The Morgan fingerprint density at radius 2 is 1.48 bits per heavy atom. The summed E-state index contributed by atoms with van der Waals surface area (Å²) in [5.74, 6) is -0.0227. The van der Waals surface area contributed by atoms with E-state index in [1.807, 2.05) is 42.5 Å².